The standard InChI is InChI=1S/C23H23F6N7O4/c1-12-5-14(33-34-19(12)16-9-36(2)35-20(16)23(27,28)29)8-30-21(37)31-13-6-17(22(24,25)26)32-18(7-13)40-11-15-10-38-3-4-39-15/h5-7,9,15H,3-4,8,10-11H2,1-2H3,(H2,30,31,32,37). The highest BCUT2D eigenvalue weighted by Gasteiger charge is 2.38. The van der Waals surface area contributed by atoms with E-state index in [1.54, 1.807) is 0 Å². The zero-order chi connectivity index (χ0) is 29.1. The third kappa shape index (κ3) is 7.35. The number of hydrogen-bond acceptors (Lipinski definition) is 8. The van der Waals surface area contributed by atoms with Gasteiger partial charge in [0.1, 0.15) is 12.7 Å². The second-order valence-corrected chi connectivity index (χ2v) is 8.69. The molecule has 0 aliphatic carbocycles. The van der Waals surface area contributed by atoms with Gasteiger partial charge in [-0.2, -0.15) is 36.5 Å². The van der Waals surface area contributed by atoms with Crippen LogP contribution in [-0.4, -0.2) is 63.5 Å². The van der Waals surface area contributed by atoms with Gasteiger partial charge in [-0.1, -0.05) is 0 Å². The summed E-state index contributed by atoms with van der Waals surface area (Å²) in [5.41, 5.74) is -2.41. The number of amides is 2. The summed E-state index contributed by atoms with van der Waals surface area (Å²) in [7, 11) is 1.34. The van der Waals surface area contributed by atoms with Gasteiger partial charge in [0.15, 0.2) is 11.4 Å². The lowest BCUT2D eigenvalue weighted by Gasteiger charge is -2.23. The molecule has 4 heterocycles. The van der Waals surface area contributed by atoms with Crippen LogP contribution < -0.4 is 15.4 Å². The van der Waals surface area contributed by atoms with Crippen LogP contribution in [0, 0.1) is 6.92 Å². The lowest BCUT2D eigenvalue weighted by molar-refractivity contribution is -0.142. The summed E-state index contributed by atoms with van der Waals surface area (Å²) in [5.74, 6) is -0.384. The second-order valence-electron chi connectivity index (χ2n) is 8.69. The van der Waals surface area contributed by atoms with E-state index in [2.05, 4.69) is 30.9 Å². The first-order valence-corrected chi connectivity index (χ1v) is 11.7. The van der Waals surface area contributed by atoms with Crippen molar-refractivity contribution in [2.75, 3.05) is 31.7 Å². The fourth-order valence-electron chi connectivity index (χ4n) is 3.72. The Bertz CT molecular complexity index is 1360. The van der Waals surface area contributed by atoms with E-state index in [1.807, 2.05) is 0 Å². The molecule has 0 spiro atoms. The molecule has 2 amide bonds. The largest absolute Gasteiger partial charge is 0.475 e. The molecule has 17 heteroatoms. The van der Waals surface area contributed by atoms with Crippen molar-refractivity contribution in [2.45, 2.75) is 31.9 Å². The van der Waals surface area contributed by atoms with Crippen molar-refractivity contribution >= 4 is 11.7 Å². The number of alkyl halides is 6. The number of carbonyl (C=O) groups excluding carboxylic acids is 1. The molecule has 2 N–H and O–H groups in total. The van der Waals surface area contributed by atoms with E-state index < -0.39 is 35.9 Å². The van der Waals surface area contributed by atoms with E-state index in [-0.39, 0.29) is 48.3 Å². The molecule has 1 fully saturated rings. The molecule has 0 bridgehead atoms. The van der Waals surface area contributed by atoms with Crippen molar-refractivity contribution in [1.82, 2.24) is 30.3 Å². The average molecular weight is 575 g/mol. The van der Waals surface area contributed by atoms with Crippen molar-refractivity contribution in [3.63, 3.8) is 0 Å². The van der Waals surface area contributed by atoms with Crippen LogP contribution in [0.4, 0.5) is 36.8 Å². The molecular weight excluding hydrogens is 552 g/mol. The number of carbonyl (C=O) groups is 1. The quantitative estimate of drug-likeness (QED) is 0.409. The lowest BCUT2D eigenvalue weighted by atomic mass is 10.1. The summed E-state index contributed by atoms with van der Waals surface area (Å²) in [6.45, 7) is 2.11. The van der Waals surface area contributed by atoms with Gasteiger partial charge in [-0.3, -0.25) is 4.68 Å². The maximum atomic E-state index is 13.4. The number of ether oxygens (including phenoxy) is 3. The third-order valence-corrected chi connectivity index (χ3v) is 5.47. The number of pyridine rings is 1. The minimum atomic E-state index is -4.81. The van der Waals surface area contributed by atoms with Crippen LogP contribution in [0.1, 0.15) is 22.6 Å². The molecule has 1 unspecified atom stereocenters. The summed E-state index contributed by atoms with van der Waals surface area (Å²) < 4.78 is 97.0. The summed E-state index contributed by atoms with van der Waals surface area (Å²) in [6, 6.07) is 2.29. The van der Waals surface area contributed by atoms with Crippen LogP contribution in [0.15, 0.2) is 24.4 Å². The van der Waals surface area contributed by atoms with E-state index in [1.165, 1.54) is 26.2 Å². The number of urea groups is 1. The Morgan fingerprint density at radius 2 is 1.90 bits per heavy atom. The van der Waals surface area contributed by atoms with Gasteiger partial charge in [-0.05, 0) is 24.6 Å². The molecule has 216 valence electrons. The van der Waals surface area contributed by atoms with E-state index in [4.69, 9.17) is 14.2 Å². The monoisotopic (exact) mass is 575 g/mol. The summed E-state index contributed by atoms with van der Waals surface area (Å²) >= 11 is 0. The Balaban J connectivity index is 1.42. The highest BCUT2D eigenvalue weighted by molar-refractivity contribution is 5.89. The summed E-state index contributed by atoms with van der Waals surface area (Å²) in [5, 5.41) is 15.8. The third-order valence-electron chi connectivity index (χ3n) is 5.47. The SMILES string of the molecule is Cc1cc(CNC(=O)Nc2cc(OCC3COCCO3)nc(C(F)(F)F)c2)nnc1-c1cn(C)nc1C(F)(F)F. The Morgan fingerprint density at radius 1 is 1.12 bits per heavy atom. The molecule has 1 saturated heterocycles. The van der Waals surface area contributed by atoms with Crippen molar-refractivity contribution < 1.29 is 45.3 Å². The Morgan fingerprint density at radius 3 is 2.55 bits per heavy atom. The number of anilines is 1. The number of aryl methyl sites for hydroxylation is 2. The zero-order valence-corrected chi connectivity index (χ0v) is 21.1. The van der Waals surface area contributed by atoms with Crippen LogP contribution in [0.2, 0.25) is 0 Å². The second kappa shape index (κ2) is 11.6. The number of hydrogen-bond donors (Lipinski definition) is 2. The van der Waals surface area contributed by atoms with E-state index in [0.717, 1.165) is 10.7 Å². The van der Waals surface area contributed by atoms with E-state index >= 15 is 0 Å². The topological polar surface area (TPSA) is 125 Å². The first-order valence-electron chi connectivity index (χ1n) is 11.7. The van der Waals surface area contributed by atoms with Crippen LogP contribution in [-0.2, 0) is 35.4 Å². The Labute approximate surface area is 222 Å². The van der Waals surface area contributed by atoms with Gasteiger partial charge in [0.2, 0.25) is 5.88 Å². The van der Waals surface area contributed by atoms with E-state index in [9.17, 15) is 31.1 Å². The molecule has 0 aromatic carbocycles. The minimum Gasteiger partial charge on any atom is -0.475 e. The number of nitrogens with zero attached hydrogens (tertiary/aromatic N) is 5. The number of nitrogens with one attached hydrogen (secondary N) is 2. The van der Waals surface area contributed by atoms with Gasteiger partial charge in [-0.15, -0.1) is 5.10 Å². The van der Waals surface area contributed by atoms with Crippen LogP contribution in [0.25, 0.3) is 11.3 Å². The maximum Gasteiger partial charge on any atom is 0.435 e. The fraction of sp³-hybridized carbons (Fsp3) is 0.435. The molecule has 0 saturated carbocycles. The number of rotatable bonds is 7. The highest BCUT2D eigenvalue weighted by Crippen LogP contribution is 2.36. The molecule has 4 rings (SSSR count). The van der Waals surface area contributed by atoms with Gasteiger partial charge in [0.05, 0.1) is 43.3 Å². The van der Waals surface area contributed by atoms with Crippen LogP contribution in [0.5, 0.6) is 5.88 Å². The molecular formula is C23H23F6N7O4. The molecule has 3 aromatic heterocycles. The van der Waals surface area contributed by atoms with Crippen molar-refractivity contribution in [3.05, 3.63) is 47.0 Å². The first kappa shape index (κ1) is 29.0. The lowest BCUT2D eigenvalue weighted by Crippen LogP contribution is -2.33. The zero-order valence-electron chi connectivity index (χ0n) is 21.1. The predicted molar refractivity (Wildman–Crippen MR) is 125 cm³/mol. The van der Waals surface area contributed by atoms with E-state index in [0.29, 0.717) is 24.8 Å². The number of halogens is 6. The van der Waals surface area contributed by atoms with Crippen LogP contribution >= 0.6 is 0 Å². The maximum absolute atomic E-state index is 13.4. The van der Waals surface area contributed by atoms with Crippen molar-refractivity contribution in [1.29, 1.82) is 0 Å². The van der Waals surface area contributed by atoms with Crippen LogP contribution in [0.3, 0.4) is 0 Å². The molecule has 11 nitrogen and oxygen atoms in total. The molecule has 3 aromatic rings. The predicted octanol–water partition coefficient (Wildman–Crippen LogP) is 3.73. The Kier molecular flexibility index (Phi) is 8.43. The Hall–Kier alpha value is -3.99. The normalized spacial score (nSPS) is 16.1. The van der Waals surface area contributed by atoms with Gasteiger partial charge in [-0.25, -0.2) is 9.78 Å². The van der Waals surface area contributed by atoms with Gasteiger partial charge < -0.3 is 24.8 Å². The molecule has 0 radical (unpaired) electrons. The smallest absolute Gasteiger partial charge is 0.435 e. The summed E-state index contributed by atoms with van der Waals surface area (Å²) in [6.07, 6.45) is -8.83. The molecule has 1 atom stereocenters. The molecule has 1 aliphatic heterocycles. The van der Waals surface area contributed by atoms with Gasteiger partial charge in [0, 0.05) is 25.0 Å². The average Bonchev–Trinajstić information content (AvgIpc) is 3.28. The van der Waals surface area contributed by atoms with Gasteiger partial charge >= 0.3 is 18.4 Å². The number of aromatic nitrogens is 5. The molecule has 40 heavy (non-hydrogen) atoms. The summed E-state index contributed by atoms with van der Waals surface area (Å²) in [4.78, 5) is 15.9. The van der Waals surface area contributed by atoms with Crippen molar-refractivity contribution in [3.8, 4) is 17.1 Å². The first-order chi connectivity index (χ1) is 18.8. The fourth-order valence-corrected chi connectivity index (χ4v) is 3.72. The van der Waals surface area contributed by atoms with Gasteiger partial charge in [0.25, 0.3) is 0 Å². The highest BCUT2D eigenvalue weighted by atomic mass is 19.4. The minimum absolute atomic E-state index is 0.0391. The molecule has 1 aliphatic rings. The van der Waals surface area contributed by atoms with Crippen molar-refractivity contribution in [2.24, 2.45) is 7.05 Å².